The van der Waals surface area contributed by atoms with Gasteiger partial charge in [-0.1, -0.05) is 0 Å². The third-order valence-electron chi connectivity index (χ3n) is 6.05. The maximum Gasteiger partial charge on any atom is 0.490 e. The summed E-state index contributed by atoms with van der Waals surface area (Å²) in [5.74, 6) is -5.76. The Morgan fingerprint density at radius 1 is 0.957 bits per heavy atom. The van der Waals surface area contributed by atoms with Crippen LogP contribution in [-0.4, -0.2) is 65.3 Å². The summed E-state index contributed by atoms with van der Waals surface area (Å²) in [5, 5.41) is 23.1. The first-order valence-electron chi connectivity index (χ1n) is 13.6. The van der Waals surface area contributed by atoms with Crippen LogP contribution < -0.4 is 31.8 Å². The Hall–Kier alpha value is -4.19. The molecule has 0 unspecified atom stereocenters. The van der Waals surface area contributed by atoms with Crippen LogP contribution in [0.1, 0.15) is 48.5 Å². The summed E-state index contributed by atoms with van der Waals surface area (Å²) in [6.45, 7) is 14.7. The predicted octanol–water partition coefficient (Wildman–Crippen LogP) is 4.11. The van der Waals surface area contributed by atoms with E-state index in [9.17, 15) is 31.1 Å². The monoisotopic (exact) mass is 697 g/mol. The quantitative estimate of drug-likeness (QED) is 0.169. The molecule has 1 aliphatic carbocycles. The summed E-state index contributed by atoms with van der Waals surface area (Å²) in [4.78, 5) is 38.6. The van der Waals surface area contributed by atoms with Gasteiger partial charge < -0.3 is 36.1 Å². The van der Waals surface area contributed by atoms with E-state index in [4.69, 9.17) is 30.3 Å². The van der Waals surface area contributed by atoms with E-state index < -0.39 is 36.0 Å². The minimum absolute atomic E-state index is 0.273. The fourth-order valence-electron chi connectivity index (χ4n) is 3.03. The molecule has 1 aromatic rings. The molecule has 0 spiro atoms. The second-order valence-electron chi connectivity index (χ2n) is 12.0. The molecule has 6 N–H and O–H groups in total. The number of aliphatic carboxylic acids is 2. The lowest BCUT2D eigenvalue weighted by molar-refractivity contribution is -0.344. The first-order chi connectivity index (χ1) is 21.1. The van der Waals surface area contributed by atoms with Crippen molar-refractivity contribution in [3.63, 3.8) is 0 Å². The highest BCUT2D eigenvalue weighted by atomic mass is 32.1. The van der Waals surface area contributed by atoms with E-state index in [1.54, 1.807) is 11.3 Å². The van der Waals surface area contributed by atoms with Crippen LogP contribution in [0.2, 0.25) is 0 Å². The fraction of sp³-hybridized carbons (Fsp3) is 0.483. The SMILES string of the molecule is CC(C)(C)OC(=O)NCCN=c1ccc2[nH+]c3ccc(NC(C)(C)C(C)(C)N)cc3sc-2c1.O=C(O)C(F)(F)F.O=C([O-])C(F)(F)F. The predicted molar refractivity (Wildman–Crippen MR) is 160 cm³/mol. The Labute approximate surface area is 270 Å². The lowest BCUT2D eigenvalue weighted by Gasteiger charge is -2.40. The molecule has 1 aliphatic heterocycles. The number of nitrogens with zero attached hydrogens (tertiary/aromatic N) is 1. The molecule has 47 heavy (non-hydrogen) atoms. The van der Waals surface area contributed by atoms with Gasteiger partial charge in [-0.2, -0.15) is 26.3 Å². The van der Waals surface area contributed by atoms with Gasteiger partial charge in [-0.15, -0.1) is 11.3 Å². The summed E-state index contributed by atoms with van der Waals surface area (Å²) in [5.41, 5.74) is 8.36. The molecule has 11 nitrogen and oxygen atoms in total. The molecule has 0 bridgehead atoms. The summed E-state index contributed by atoms with van der Waals surface area (Å²) in [6.07, 6.45) is -10.7. The van der Waals surface area contributed by atoms with E-state index in [0.29, 0.717) is 13.1 Å². The van der Waals surface area contributed by atoms with Crippen LogP contribution >= 0.6 is 11.3 Å². The number of benzene rings is 2. The Morgan fingerprint density at radius 2 is 1.51 bits per heavy atom. The maximum atomic E-state index is 11.7. The van der Waals surface area contributed by atoms with Crippen LogP contribution in [-0.2, 0) is 14.3 Å². The third-order valence-corrected chi connectivity index (χ3v) is 7.17. The number of amides is 1. The van der Waals surface area contributed by atoms with Gasteiger partial charge >= 0.3 is 24.4 Å². The zero-order chi connectivity index (χ0) is 36.6. The molecule has 0 aromatic heterocycles. The second kappa shape index (κ2) is 15.6. The Balaban J connectivity index is 0.000000658. The highest BCUT2D eigenvalue weighted by Crippen LogP contribution is 2.30. The number of nitrogens with two attached hydrogens (primary N) is 1. The van der Waals surface area contributed by atoms with Gasteiger partial charge in [0.1, 0.15) is 21.1 Å². The Kier molecular flexibility index (Phi) is 13.6. The molecule has 0 atom stereocenters. The highest BCUT2D eigenvalue weighted by molar-refractivity contribution is 7.21. The molecule has 3 rings (SSSR count). The van der Waals surface area contributed by atoms with Gasteiger partial charge in [-0.3, -0.25) is 4.99 Å². The number of alkyl carbamates (subject to hydrolysis) is 1. The normalized spacial score (nSPS) is 12.8. The molecular weight excluding hydrogens is 660 g/mol. The lowest BCUT2D eigenvalue weighted by Crippen LogP contribution is -2.57. The van der Waals surface area contributed by atoms with E-state index in [1.165, 1.54) is 0 Å². The van der Waals surface area contributed by atoms with Crippen LogP contribution in [0.5, 0.6) is 0 Å². The number of carboxylic acid groups (broad SMARTS) is 2. The molecule has 0 saturated heterocycles. The molecule has 0 fully saturated rings. The van der Waals surface area contributed by atoms with Crippen LogP contribution in [0.25, 0.3) is 20.8 Å². The summed E-state index contributed by atoms with van der Waals surface area (Å²) in [7, 11) is 0. The topological polar surface area (TPSA) is 180 Å². The zero-order valence-electron chi connectivity index (χ0n) is 26.6. The number of carbonyl (C=O) groups is 3. The van der Waals surface area contributed by atoms with Crippen molar-refractivity contribution < 1.29 is 60.7 Å². The maximum absolute atomic E-state index is 11.7. The van der Waals surface area contributed by atoms with Gasteiger partial charge in [0.05, 0.1) is 11.9 Å². The number of carbonyl (C=O) groups excluding carboxylic acids is 2. The minimum atomic E-state index is -5.19. The number of halogens is 6. The smallest absolute Gasteiger partial charge is 0.490 e. The molecule has 262 valence electrons. The number of hydrogen-bond donors (Lipinski definition) is 4. The first-order valence-corrected chi connectivity index (χ1v) is 14.5. The number of H-pyrrole nitrogens is 1. The average Bonchev–Trinajstić information content (AvgIpc) is 2.87. The van der Waals surface area contributed by atoms with Gasteiger partial charge in [0.2, 0.25) is 11.2 Å². The van der Waals surface area contributed by atoms with Crippen LogP contribution in [0.3, 0.4) is 0 Å². The molecule has 18 heteroatoms. The van der Waals surface area contributed by atoms with Crippen molar-refractivity contribution in [1.82, 2.24) is 5.32 Å². The highest BCUT2D eigenvalue weighted by Gasteiger charge is 2.38. The molecule has 0 radical (unpaired) electrons. The Morgan fingerprint density at radius 3 is 1.98 bits per heavy atom. The second-order valence-corrected chi connectivity index (χ2v) is 13.1. The number of fused-ring (bicyclic) bond motifs is 2. The van der Waals surface area contributed by atoms with E-state index in [1.807, 2.05) is 46.8 Å². The van der Waals surface area contributed by atoms with Crippen molar-refractivity contribution in [2.75, 3.05) is 18.4 Å². The minimum Gasteiger partial charge on any atom is -0.542 e. The first kappa shape index (κ1) is 40.8. The van der Waals surface area contributed by atoms with Crippen LogP contribution in [0.4, 0.5) is 36.8 Å². The largest absolute Gasteiger partial charge is 0.542 e. The van der Waals surface area contributed by atoms with Crippen molar-refractivity contribution in [2.45, 2.75) is 77.5 Å². The number of ether oxygens (including phenoxy) is 1. The number of nitrogens with one attached hydrogen (secondary N) is 3. The van der Waals surface area contributed by atoms with Crippen molar-refractivity contribution >= 4 is 45.3 Å². The zero-order valence-corrected chi connectivity index (χ0v) is 27.4. The number of rotatable bonds is 6. The molecule has 1 aromatic carbocycles. The van der Waals surface area contributed by atoms with Crippen molar-refractivity contribution in [1.29, 1.82) is 0 Å². The molecule has 1 heterocycles. The molecule has 1 amide bonds. The summed E-state index contributed by atoms with van der Waals surface area (Å²) < 4.78 is 69.7. The number of anilines is 1. The number of carboxylic acids is 2. The van der Waals surface area contributed by atoms with Gasteiger partial charge in [0.15, 0.2) is 0 Å². The van der Waals surface area contributed by atoms with Gasteiger partial charge in [-0.25, -0.2) is 14.6 Å². The van der Waals surface area contributed by atoms with E-state index in [0.717, 1.165) is 31.8 Å². The van der Waals surface area contributed by atoms with Crippen molar-refractivity contribution in [3.8, 4) is 10.6 Å². The molecule has 0 saturated carbocycles. The van der Waals surface area contributed by atoms with E-state index >= 15 is 0 Å². The fourth-order valence-corrected chi connectivity index (χ4v) is 4.09. The molecule has 2 aliphatic rings. The van der Waals surface area contributed by atoms with Gasteiger partial charge in [0, 0.05) is 35.4 Å². The summed E-state index contributed by atoms with van der Waals surface area (Å²) in [6, 6.07) is 12.4. The number of aromatic nitrogens is 1. The van der Waals surface area contributed by atoms with Crippen LogP contribution in [0, 0.1) is 0 Å². The standard InChI is InChI=1S/C25H35N5O2S.2C2HF3O2/c1-23(2,3)32-22(31)28-13-12-27-16-8-10-18-20(14-16)33-21-15-17(9-11-19(21)29-18)30-25(6,7)24(4,5)26;2*3-2(4,5)1(6)7/h8-11,14-15,30H,12-13,26H2,1-7H3,(H,28,31);2*(H,6,7). The number of aromatic amines is 1. The van der Waals surface area contributed by atoms with Gasteiger partial charge in [-0.05, 0) is 72.7 Å². The van der Waals surface area contributed by atoms with Crippen molar-refractivity contribution in [3.05, 3.63) is 41.8 Å². The van der Waals surface area contributed by atoms with E-state index in [2.05, 4.69) is 58.7 Å². The Bertz CT molecular complexity index is 1550. The number of alkyl halides is 6. The number of hydrogen-bond acceptors (Lipinski definition) is 9. The van der Waals surface area contributed by atoms with Crippen LogP contribution in [0.15, 0.2) is 41.4 Å². The van der Waals surface area contributed by atoms with E-state index in [-0.39, 0.29) is 11.1 Å². The lowest BCUT2D eigenvalue weighted by atomic mass is 9.83. The summed E-state index contributed by atoms with van der Waals surface area (Å²) >= 11 is 1.71. The van der Waals surface area contributed by atoms with Crippen molar-refractivity contribution in [2.24, 2.45) is 10.7 Å². The average molecular weight is 698 g/mol. The molecular formula is C29H37F6N5O6S. The third kappa shape index (κ3) is 14.4. The van der Waals surface area contributed by atoms with Gasteiger partial charge in [0.25, 0.3) is 0 Å².